The average Bonchev–Trinajstić information content (AvgIpc) is 2.83. The number of unbranched alkanes of at least 4 members (excludes halogenated alkanes) is 4. The molecule has 36 heavy (non-hydrogen) atoms. The van der Waals surface area contributed by atoms with Crippen LogP contribution in [0.2, 0.25) is 0 Å². The number of rotatable bonds is 12. The largest absolute Gasteiger partial charge is 0.423 e. The third kappa shape index (κ3) is 8.89. The second-order valence-electron chi connectivity index (χ2n) is 8.08. The lowest BCUT2D eigenvalue weighted by molar-refractivity contribution is -0.156. The van der Waals surface area contributed by atoms with Gasteiger partial charge in [0.15, 0.2) is 23.1 Å². The topological polar surface area (TPSA) is 86.7 Å². The minimum Gasteiger partial charge on any atom is -0.416 e. The van der Waals surface area contributed by atoms with E-state index < -0.39 is 11.9 Å². The minimum absolute atomic E-state index is 0.0240. The number of ether oxygens (including phenoxy) is 2. The van der Waals surface area contributed by atoms with Crippen molar-refractivity contribution < 1.29 is 28.7 Å². The molecule has 0 unspecified atom stereocenters. The Labute approximate surface area is 244 Å². The van der Waals surface area contributed by atoms with Gasteiger partial charge >= 0.3 is 11.9 Å². The predicted molar refractivity (Wildman–Crippen MR) is 152 cm³/mol. The first-order chi connectivity index (χ1) is 17.1. The van der Waals surface area contributed by atoms with Crippen molar-refractivity contribution in [3.05, 3.63) is 53.3 Å². The third-order valence-electron chi connectivity index (χ3n) is 5.21. The number of hydrogen-bond donors (Lipinski definition) is 0. The number of carbonyl (C=O) groups excluding carboxylic acids is 4. The van der Waals surface area contributed by atoms with E-state index in [-0.39, 0.29) is 23.1 Å². The van der Waals surface area contributed by atoms with Crippen LogP contribution >= 0.6 is 63.7 Å². The molecule has 0 radical (unpaired) electrons. The summed E-state index contributed by atoms with van der Waals surface area (Å²) in [6.07, 6.45) is 6.40. The Bertz CT molecular complexity index is 1010. The van der Waals surface area contributed by atoms with Gasteiger partial charge in [-0.3, -0.25) is 9.59 Å². The Hall–Kier alpha value is -1.36. The van der Waals surface area contributed by atoms with Crippen LogP contribution in [0.4, 0.5) is 0 Å². The molecule has 0 saturated carbocycles. The molecule has 0 heterocycles. The summed E-state index contributed by atoms with van der Waals surface area (Å²) in [5.74, 6) is -2.46. The second-order valence-corrected chi connectivity index (χ2v) is 11.5. The summed E-state index contributed by atoms with van der Waals surface area (Å²) in [6.45, 7) is 4.13. The van der Waals surface area contributed by atoms with Crippen molar-refractivity contribution >= 4 is 87.2 Å². The lowest BCUT2D eigenvalue weighted by Crippen LogP contribution is -2.26. The van der Waals surface area contributed by atoms with Gasteiger partial charge in [-0.2, -0.15) is 0 Å². The van der Waals surface area contributed by atoms with E-state index in [2.05, 4.69) is 77.6 Å². The molecule has 0 aromatic heterocycles. The van der Waals surface area contributed by atoms with Gasteiger partial charge < -0.3 is 9.47 Å². The molecule has 0 N–H and O–H groups in total. The Morgan fingerprint density at radius 2 is 0.889 bits per heavy atom. The number of hydrogen-bond acceptors (Lipinski definition) is 6. The maximum Gasteiger partial charge on any atom is 0.423 e. The molecular weight excluding hydrogens is 728 g/mol. The zero-order valence-electron chi connectivity index (χ0n) is 19.9. The molecule has 194 valence electrons. The zero-order valence-corrected chi connectivity index (χ0v) is 26.3. The van der Waals surface area contributed by atoms with Crippen LogP contribution in [0.5, 0.6) is 11.5 Å². The molecule has 0 spiro atoms. The first-order valence-corrected chi connectivity index (χ1v) is 14.7. The van der Waals surface area contributed by atoms with Gasteiger partial charge in [0, 0.05) is 24.0 Å². The fourth-order valence-electron chi connectivity index (χ4n) is 3.27. The first kappa shape index (κ1) is 30.9. The van der Waals surface area contributed by atoms with E-state index in [0.717, 1.165) is 38.5 Å². The van der Waals surface area contributed by atoms with Gasteiger partial charge in [-0.05, 0) is 101 Å². The molecule has 0 aliphatic heterocycles. The van der Waals surface area contributed by atoms with E-state index in [9.17, 15) is 19.2 Å². The summed E-state index contributed by atoms with van der Waals surface area (Å²) in [4.78, 5) is 49.8. The minimum atomic E-state index is -1.25. The van der Waals surface area contributed by atoms with Crippen LogP contribution in [0.15, 0.2) is 42.2 Å². The van der Waals surface area contributed by atoms with Crippen LogP contribution in [-0.4, -0.2) is 23.5 Å². The summed E-state index contributed by atoms with van der Waals surface area (Å²) in [5, 5.41) is 0. The van der Waals surface area contributed by atoms with Crippen molar-refractivity contribution in [2.75, 3.05) is 0 Å². The number of esters is 2. The molecule has 0 aliphatic rings. The average molecular weight is 754 g/mol. The highest BCUT2D eigenvalue weighted by Crippen LogP contribution is 2.37. The molecule has 2 aromatic carbocycles. The van der Waals surface area contributed by atoms with E-state index in [1.54, 1.807) is 24.3 Å². The standard InChI is InChI=1S/C26H26Br4O6/c1-3-5-7-9-21(31)15-11-17(27)23(18(28)12-15)35-25(33)26(34)36-24-19(29)13-16(14-20(24)30)22(32)10-8-6-4-2/h11-14H,3-10H2,1-2H3. The molecule has 0 saturated heterocycles. The molecule has 0 aliphatic carbocycles. The van der Waals surface area contributed by atoms with Crippen molar-refractivity contribution in [2.24, 2.45) is 0 Å². The Morgan fingerprint density at radius 1 is 0.583 bits per heavy atom. The fraction of sp³-hybridized carbons (Fsp3) is 0.385. The van der Waals surface area contributed by atoms with E-state index >= 15 is 0 Å². The molecule has 6 nitrogen and oxygen atoms in total. The van der Waals surface area contributed by atoms with Crippen molar-refractivity contribution in [2.45, 2.75) is 65.2 Å². The SMILES string of the molecule is CCCCCC(=O)c1cc(Br)c(OC(=O)C(=O)Oc2c(Br)cc(C(=O)CCCCC)cc2Br)c(Br)c1. The van der Waals surface area contributed by atoms with E-state index in [1.807, 2.05) is 0 Å². The summed E-state index contributed by atoms with van der Waals surface area (Å²) < 4.78 is 11.8. The lowest BCUT2D eigenvalue weighted by Gasteiger charge is -2.12. The number of carbonyl (C=O) groups is 4. The molecule has 2 rings (SSSR count). The van der Waals surface area contributed by atoms with Crippen LogP contribution in [-0.2, 0) is 9.59 Å². The van der Waals surface area contributed by atoms with Crippen molar-refractivity contribution in [3.63, 3.8) is 0 Å². The van der Waals surface area contributed by atoms with E-state index in [4.69, 9.17) is 9.47 Å². The van der Waals surface area contributed by atoms with Gasteiger partial charge in [0.05, 0.1) is 17.9 Å². The van der Waals surface area contributed by atoms with Gasteiger partial charge in [0.25, 0.3) is 0 Å². The van der Waals surface area contributed by atoms with Gasteiger partial charge in [-0.1, -0.05) is 39.5 Å². The predicted octanol–water partition coefficient (Wildman–Crippen LogP) is 8.77. The van der Waals surface area contributed by atoms with Gasteiger partial charge in [0.1, 0.15) is 0 Å². The maximum absolute atomic E-state index is 12.5. The molecule has 2 aromatic rings. The summed E-state index contributed by atoms with van der Waals surface area (Å²) >= 11 is 13.2. The summed E-state index contributed by atoms with van der Waals surface area (Å²) in [5.41, 5.74) is 0.925. The molecule has 10 heteroatoms. The van der Waals surface area contributed by atoms with Crippen molar-refractivity contribution in [1.29, 1.82) is 0 Å². The lowest BCUT2D eigenvalue weighted by atomic mass is 10.0. The smallest absolute Gasteiger partial charge is 0.416 e. The van der Waals surface area contributed by atoms with E-state index in [1.165, 1.54) is 0 Å². The number of halogens is 4. The zero-order chi connectivity index (χ0) is 26.8. The second kappa shape index (κ2) is 15.1. The monoisotopic (exact) mass is 750 g/mol. The van der Waals surface area contributed by atoms with Crippen LogP contribution in [0.3, 0.4) is 0 Å². The normalized spacial score (nSPS) is 10.7. The Kier molecular flexibility index (Phi) is 13.0. The van der Waals surface area contributed by atoms with Crippen LogP contribution < -0.4 is 9.47 Å². The van der Waals surface area contributed by atoms with Crippen LogP contribution in [0.25, 0.3) is 0 Å². The summed E-state index contributed by atoms with van der Waals surface area (Å²) in [6, 6.07) is 6.21. The Balaban J connectivity index is 2.10. The van der Waals surface area contributed by atoms with Gasteiger partial charge in [-0.15, -0.1) is 0 Å². The summed E-state index contributed by atoms with van der Waals surface area (Å²) in [7, 11) is 0. The van der Waals surface area contributed by atoms with Crippen molar-refractivity contribution in [3.8, 4) is 11.5 Å². The Morgan fingerprint density at radius 3 is 1.17 bits per heavy atom. The fourth-order valence-corrected chi connectivity index (χ4v) is 5.96. The van der Waals surface area contributed by atoms with Crippen molar-refractivity contribution in [1.82, 2.24) is 0 Å². The number of ketones is 2. The number of Topliss-reactive ketones (excluding diaryl/α,β-unsaturated/α-hetero) is 2. The maximum atomic E-state index is 12.5. The highest BCUT2D eigenvalue weighted by Gasteiger charge is 2.25. The molecular formula is C26H26Br4O6. The molecule has 0 bridgehead atoms. The van der Waals surface area contributed by atoms with Gasteiger partial charge in [0.2, 0.25) is 0 Å². The highest BCUT2D eigenvalue weighted by atomic mass is 79.9. The van der Waals surface area contributed by atoms with Gasteiger partial charge in [-0.25, -0.2) is 9.59 Å². The first-order valence-electron chi connectivity index (χ1n) is 11.6. The number of benzene rings is 2. The van der Waals surface area contributed by atoms with Crippen LogP contribution in [0, 0.1) is 0 Å². The van der Waals surface area contributed by atoms with Crippen LogP contribution in [0.1, 0.15) is 85.9 Å². The van der Waals surface area contributed by atoms with E-state index in [0.29, 0.717) is 41.9 Å². The quantitative estimate of drug-likeness (QED) is 0.0709. The molecule has 0 fully saturated rings. The molecule has 0 amide bonds. The molecule has 0 atom stereocenters. The highest BCUT2D eigenvalue weighted by molar-refractivity contribution is 9.11. The third-order valence-corrected chi connectivity index (χ3v) is 7.57.